The molecule has 4 rings (SSSR count). The zero-order chi connectivity index (χ0) is 24.3. The summed E-state index contributed by atoms with van der Waals surface area (Å²) in [5.41, 5.74) is -0.352. The van der Waals surface area contributed by atoms with Gasteiger partial charge in [0, 0.05) is 30.6 Å². The Morgan fingerprint density at radius 1 is 1.15 bits per heavy atom. The molecule has 6 unspecified atom stereocenters. The summed E-state index contributed by atoms with van der Waals surface area (Å²) in [7, 11) is 0. The van der Waals surface area contributed by atoms with Crippen molar-refractivity contribution in [2.45, 2.75) is 58.2 Å². The maximum atomic E-state index is 13.1. The van der Waals surface area contributed by atoms with Crippen LogP contribution < -0.4 is 5.32 Å². The highest BCUT2D eigenvalue weighted by Crippen LogP contribution is 2.61. The van der Waals surface area contributed by atoms with Crippen LogP contribution in [0.4, 0.5) is 10.5 Å². The summed E-state index contributed by atoms with van der Waals surface area (Å²) in [6, 6.07) is 9.14. The van der Waals surface area contributed by atoms with Gasteiger partial charge >= 0.3 is 6.09 Å². The number of anilines is 1. The van der Waals surface area contributed by atoms with Crippen molar-refractivity contribution in [2.75, 3.05) is 38.2 Å². The van der Waals surface area contributed by atoms with E-state index in [0.717, 1.165) is 6.42 Å². The van der Waals surface area contributed by atoms with Crippen molar-refractivity contribution < 1.29 is 29.3 Å². The molecule has 1 aromatic carbocycles. The van der Waals surface area contributed by atoms with Crippen molar-refractivity contribution >= 4 is 17.7 Å². The van der Waals surface area contributed by atoms with Gasteiger partial charge in [0.25, 0.3) is 0 Å². The Labute approximate surface area is 201 Å². The van der Waals surface area contributed by atoms with Crippen molar-refractivity contribution in [3.63, 3.8) is 0 Å². The highest BCUT2D eigenvalue weighted by Gasteiger charge is 2.60. The maximum absolute atomic E-state index is 13.1. The Kier molecular flexibility index (Phi) is 7.50. The summed E-state index contributed by atoms with van der Waals surface area (Å²) in [5, 5.41) is 24.3. The quantitative estimate of drug-likeness (QED) is 0.605. The van der Waals surface area contributed by atoms with E-state index < -0.39 is 23.7 Å². The van der Waals surface area contributed by atoms with Gasteiger partial charge < -0.3 is 24.6 Å². The monoisotopic (exact) mass is 474 g/mol. The second-order valence-electron chi connectivity index (χ2n) is 10.6. The number of rotatable bonds is 5. The van der Waals surface area contributed by atoms with Crippen molar-refractivity contribution in [1.82, 2.24) is 4.90 Å². The number of para-hydroxylation sites is 1. The number of nitrogens with zero attached hydrogens (tertiary/aromatic N) is 1. The van der Waals surface area contributed by atoms with Crippen LogP contribution in [0.3, 0.4) is 0 Å². The molecule has 2 aliphatic carbocycles. The normalized spacial score (nSPS) is 35.8. The second-order valence-corrected chi connectivity index (χ2v) is 10.6. The number of hydrogen-bond acceptors (Lipinski definition) is 6. The van der Waals surface area contributed by atoms with Crippen molar-refractivity contribution in [2.24, 2.45) is 22.7 Å². The van der Waals surface area contributed by atoms with Crippen LogP contribution in [0.5, 0.6) is 0 Å². The number of ether oxygens (including phenoxy) is 2. The predicted molar refractivity (Wildman–Crippen MR) is 127 cm³/mol. The lowest BCUT2D eigenvalue weighted by Crippen LogP contribution is -2.61. The van der Waals surface area contributed by atoms with Gasteiger partial charge in [-0.05, 0) is 55.1 Å². The minimum absolute atomic E-state index is 0.0131. The summed E-state index contributed by atoms with van der Waals surface area (Å²) in [4.78, 5) is 27.6. The Morgan fingerprint density at radius 3 is 2.53 bits per heavy atom. The number of nitrogens with one attached hydrogen (secondary N) is 1. The predicted octanol–water partition coefficient (Wildman–Crippen LogP) is 3.04. The number of benzene rings is 1. The van der Waals surface area contributed by atoms with Crippen LogP contribution >= 0.6 is 0 Å². The van der Waals surface area contributed by atoms with E-state index in [9.17, 15) is 19.8 Å². The summed E-state index contributed by atoms with van der Waals surface area (Å²) in [6.45, 7) is 6.26. The zero-order valence-electron chi connectivity index (χ0n) is 20.2. The number of amides is 2. The molecule has 3 aliphatic rings. The van der Waals surface area contributed by atoms with E-state index in [1.165, 1.54) is 0 Å². The average Bonchev–Trinajstić information content (AvgIpc) is 2.84. The summed E-state index contributed by atoms with van der Waals surface area (Å²) in [6.07, 6.45) is 1.32. The lowest BCUT2D eigenvalue weighted by Gasteiger charge is -2.60. The van der Waals surface area contributed by atoms with E-state index in [-0.39, 0.29) is 36.2 Å². The molecule has 8 heteroatoms. The van der Waals surface area contributed by atoms with Crippen LogP contribution in [0.15, 0.2) is 30.3 Å². The molecule has 1 aromatic rings. The first-order valence-electron chi connectivity index (χ1n) is 12.4. The van der Waals surface area contributed by atoms with E-state index in [1.54, 1.807) is 12.1 Å². The first kappa shape index (κ1) is 24.9. The standard InChI is InChI=1S/C26H38N2O6/c1-25-11-10-22(34-24(32)27-18-6-4-3-5-7-18)26(2,17-29)21(25)9-8-20(30)19(25)16-23(31)28-12-14-33-15-13-28/h3-7,19-22,29-30H,8-17H2,1-2H3,(H,27,32). The third kappa shape index (κ3) is 4.81. The Hall–Kier alpha value is -2.16. The molecule has 0 aromatic heterocycles. The zero-order valence-corrected chi connectivity index (χ0v) is 20.2. The second kappa shape index (κ2) is 10.2. The number of fused-ring (bicyclic) bond motifs is 1. The highest BCUT2D eigenvalue weighted by molar-refractivity contribution is 5.84. The van der Waals surface area contributed by atoms with Crippen molar-refractivity contribution in [3.8, 4) is 0 Å². The first-order valence-corrected chi connectivity index (χ1v) is 12.4. The van der Waals surface area contributed by atoms with E-state index in [2.05, 4.69) is 12.2 Å². The molecular formula is C26H38N2O6. The Balaban J connectivity index is 1.49. The number of carbonyl (C=O) groups excluding carboxylic acids is 2. The van der Waals surface area contributed by atoms with E-state index in [1.807, 2.05) is 30.0 Å². The maximum Gasteiger partial charge on any atom is 0.411 e. The van der Waals surface area contributed by atoms with Gasteiger partial charge in [0.2, 0.25) is 5.91 Å². The molecule has 1 aliphatic heterocycles. The van der Waals surface area contributed by atoms with Crippen LogP contribution in [0.2, 0.25) is 0 Å². The van der Waals surface area contributed by atoms with E-state index >= 15 is 0 Å². The van der Waals surface area contributed by atoms with Gasteiger partial charge in [0.05, 0.1) is 25.9 Å². The molecule has 0 radical (unpaired) electrons. The van der Waals surface area contributed by atoms with Gasteiger partial charge in [-0.2, -0.15) is 0 Å². The lowest BCUT2D eigenvalue weighted by atomic mass is 9.46. The molecule has 8 nitrogen and oxygen atoms in total. The van der Waals surface area contributed by atoms with Gasteiger partial charge in [-0.3, -0.25) is 10.1 Å². The molecular weight excluding hydrogens is 436 g/mol. The Morgan fingerprint density at radius 2 is 1.85 bits per heavy atom. The van der Waals surface area contributed by atoms with E-state index in [0.29, 0.717) is 51.3 Å². The molecule has 188 valence electrons. The van der Waals surface area contributed by atoms with Crippen LogP contribution in [-0.2, 0) is 14.3 Å². The van der Waals surface area contributed by atoms with Crippen molar-refractivity contribution in [1.29, 1.82) is 0 Å². The average molecular weight is 475 g/mol. The third-order valence-electron chi connectivity index (χ3n) is 8.70. The molecule has 3 N–H and O–H groups in total. The first-order chi connectivity index (χ1) is 16.3. The molecule has 2 amide bonds. The fourth-order valence-electron chi connectivity index (χ4n) is 6.71. The number of morpholine rings is 1. The van der Waals surface area contributed by atoms with Gasteiger partial charge in [0.1, 0.15) is 6.10 Å². The van der Waals surface area contributed by atoms with Gasteiger partial charge in [-0.1, -0.05) is 32.0 Å². The third-order valence-corrected chi connectivity index (χ3v) is 8.70. The fourth-order valence-corrected chi connectivity index (χ4v) is 6.71. The summed E-state index contributed by atoms with van der Waals surface area (Å²) in [5.74, 6) is -0.133. The largest absolute Gasteiger partial charge is 0.445 e. The van der Waals surface area contributed by atoms with Gasteiger partial charge in [-0.15, -0.1) is 0 Å². The topological polar surface area (TPSA) is 108 Å². The lowest BCUT2D eigenvalue weighted by molar-refractivity contribution is -0.187. The SMILES string of the molecule is CC1(CO)C(OC(=O)Nc2ccccc2)CCC2(C)C(CC(=O)N3CCOCC3)C(O)CCC12. The number of aliphatic hydroxyl groups is 2. The minimum atomic E-state index is -0.665. The van der Waals surface area contributed by atoms with Crippen LogP contribution in [0.1, 0.15) is 46.0 Å². The number of carbonyl (C=O) groups is 2. The van der Waals surface area contributed by atoms with Gasteiger partial charge in [0.15, 0.2) is 0 Å². The summed E-state index contributed by atoms with van der Waals surface area (Å²) < 4.78 is 11.2. The molecule has 1 saturated heterocycles. The molecule has 3 fully saturated rings. The fraction of sp³-hybridized carbons (Fsp3) is 0.692. The molecule has 6 atom stereocenters. The van der Waals surface area contributed by atoms with Crippen molar-refractivity contribution in [3.05, 3.63) is 30.3 Å². The smallest absolute Gasteiger partial charge is 0.411 e. The minimum Gasteiger partial charge on any atom is -0.445 e. The van der Waals surface area contributed by atoms with Gasteiger partial charge in [-0.25, -0.2) is 4.79 Å². The van der Waals surface area contributed by atoms with Crippen LogP contribution in [0, 0.1) is 22.7 Å². The molecule has 0 bridgehead atoms. The van der Waals surface area contributed by atoms with Crippen LogP contribution in [0.25, 0.3) is 0 Å². The molecule has 1 heterocycles. The molecule has 0 spiro atoms. The molecule has 2 saturated carbocycles. The van der Waals surface area contributed by atoms with Crippen LogP contribution in [-0.4, -0.2) is 72.2 Å². The number of aliphatic hydroxyl groups excluding tert-OH is 2. The number of hydrogen-bond donors (Lipinski definition) is 3. The highest BCUT2D eigenvalue weighted by atomic mass is 16.6. The molecule has 34 heavy (non-hydrogen) atoms. The van der Waals surface area contributed by atoms with E-state index in [4.69, 9.17) is 9.47 Å². The summed E-state index contributed by atoms with van der Waals surface area (Å²) >= 11 is 0. The Bertz CT molecular complexity index is 860.